The molecule has 1 aliphatic heterocycles. The largest absolute Gasteiger partial charge is 0.270 e. The summed E-state index contributed by atoms with van der Waals surface area (Å²) in [5, 5.41) is 0.843. The van der Waals surface area contributed by atoms with E-state index < -0.39 is 10.0 Å². The molecule has 2 aromatic rings. The third-order valence-electron chi connectivity index (χ3n) is 4.28. The van der Waals surface area contributed by atoms with Gasteiger partial charge in [0.25, 0.3) is 10.0 Å². The first-order valence-corrected chi connectivity index (χ1v) is 11.6. The van der Waals surface area contributed by atoms with E-state index in [9.17, 15) is 8.42 Å². The molecule has 0 unspecified atom stereocenters. The molecular formula is C20H23ClN2O2S2. The number of thioether (sulfide) groups is 1. The Hall–Kier alpha value is -1.50. The number of anilines is 1. The first kappa shape index (κ1) is 20.2. The molecule has 3 rings (SSSR count). The minimum Gasteiger partial charge on any atom is -0.261 e. The van der Waals surface area contributed by atoms with E-state index in [2.05, 4.69) is 25.8 Å². The SMILES string of the molecule is CC(C)(C)c1ccc(S(=O)(=O)N(C2=NCCCS2)c2ccccc2Cl)cc1. The lowest BCUT2D eigenvalue weighted by atomic mass is 9.87. The van der Waals surface area contributed by atoms with Crippen molar-refractivity contribution in [3.8, 4) is 0 Å². The van der Waals surface area contributed by atoms with Crippen molar-refractivity contribution in [2.75, 3.05) is 16.6 Å². The van der Waals surface area contributed by atoms with E-state index in [4.69, 9.17) is 11.6 Å². The maximum absolute atomic E-state index is 13.5. The summed E-state index contributed by atoms with van der Waals surface area (Å²) in [7, 11) is -3.84. The Bertz CT molecular complexity index is 949. The molecule has 0 amide bonds. The molecule has 7 heteroatoms. The number of nitrogens with zero attached hydrogens (tertiary/aromatic N) is 2. The molecule has 0 spiro atoms. The van der Waals surface area contributed by atoms with Gasteiger partial charge in [0.2, 0.25) is 0 Å². The summed E-state index contributed by atoms with van der Waals surface area (Å²) in [6.07, 6.45) is 0.935. The van der Waals surface area contributed by atoms with Crippen molar-refractivity contribution in [1.29, 1.82) is 0 Å². The molecule has 4 nitrogen and oxygen atoms in total. The molecule has 1 heterocycles. The van der Waals surface area contributed by atoms with Gasteiger partial charge in [-0.1, -0.05) is 68.4 Å². The monoisotopic (exact) mass is 422 g/mol. The highest BCUT2D eigenvalue weighted by Gasteiger charge is 2.32. The summed E-state index contributed by atoms with van der Waals surface area (Å²) >= 11 is 7.79. The van der Waals surface area contributed by atoms with Gasteiger partial charge < -0.3 is 0 Å². The average Bonchev–Trinajstić information content (AvgIpc) is 2.64. The highest BCUT2D eigenvalue weighted by Crippen LogP contribution is 2.34. The lowest BCUT2D eigenvalue weighted by molar-refractivity contribution is 0.586. The first-order chi connectivity index (χ1) is 12.7. The van der Waals surface area contributed by atoms with Gasteiger partial charge >= 0.3 is 0 Å². The standard InChI is InChI=1S/C20H23ClN2O2S2/c1-20(2,3)15-9-11-16(12-10-15)27(24,25)23(19-22-13-6-14-26-19)18-8-5-4-7-17(18)21/h4-5,7-12H,6,13-14H2,1-3H3. The molecule has 0 N–H and O–H groups in total. The zero-order valence-electron chi connectivity index (χ0n) is 15.6. The van der Waals surface area contributed by atoms with Gasteiger partial charge in [0, 0.05) is 12.3 Å². The second-order valence-electron chi connectivity index (χ2n) is 7.36. The fourth-order valence-corrected chi connectivity index (χ4v) is 5.70. The zero-order valence-corrected chi connectivity index (χ0v) is 18.0. The normalized spacial score (nSPS) is 15.3. The Morgan fingerprint density at radius 1 is 1.07 bits per heavy atom. The van der Waals surface area contributed by atoms with Gasteiger partial charge in [-0.3, -0.25) is 4.99 Å². The number of aliphatic imine (C=N–C) groups is 1. The maximum atomic E-state index is 13.5. The van der Waals surface area contributed by atoms with E-state index >= 15 is 0 Å². The van der Waals surface area contributed by atoms with Crippen LogP contribution in [0.15, 0.2) is 58.4 Å². The van der Waals surface area contributed by atoms with Crippen molar-refractivity contribution in [1.82, 2.24) is 0 Å². The van der Waals surface area contributed by atoms with E-state index in [0.29, 0.717) is 22.4 Å². The van der Waals surface area contributed by atoms with E-state index in [-0.39, 0.29) is 10.3 Å². The fourth-order valence-electron chi connectivity index (χ4n) is 2.76. The maximum Gasteiger partial charge on any atom is 0.270 e. The molecule has 0 radical (unpaired) electrons. The molecule has 0 aliphatic carbocycles. The van der Waals surface area contributed by atoms with Crippen LogP contribution in [0, 0.1) is 0 Å². The van der Waals surface area contributed by atoms with E-state index in [0.717, 1.165) is 17.7 Å². The Labute approximate surface area is 170 Å². The predicted molar refractivity (Wildman–Crippen MR) is 116 cm³/mol. The summed E-state index contributed by atoms with van der Waals surface area (Å²) in [6.45, 7) is 6.90. The van der Waals surface area contributed by atoms with Crippen LogP contribution in [0.4, 0.5) is 5.69 Å². The molecular weight excluding hydrogens is 400 g/mol. The van der Waals surface area contributed by atoms with Crippen LogP contribution in [0.25, 0.3) is 0 Å². The van der Waals surface area contributed by atoms with Crippen molar-refractivity contribution in [3.05, 3.63) is 59.1 Å². The predicted octanol–water partition coefficient (Wildman–Crippen LogP) is 5.33. The van der Waals surface area contributed by atoms with Gasteiger partial charge in [-0.15, -0.1) is 0 Å². The number of para-hydroxylation sites is 1. The van der Waals surface area contributed by atoms with E-state index in [1.54, 1.807) is 36.4 Å². The smallest absolute Gasteiger partial charge is 0.261 e. The Morgan fingerprint density at radius 2 is 1.74 bits per heavy atom. The number of benzene rings is 2. The summed E-state index contributed by atoms with van der Waals surface area (Å²) < 4.78 is 28.3. The van der Waals surface area contributed by atoms with Crippen LogP contribution in [-0.2, 0) is 15.4 Å². The summed E-state index contributed by atoms with van der Waals surface area (Å²) in [5.41, 5.74) is 1.45. The first-order valence-electron chi connectivity index (χ1n) is 8.79. The molecule has 0 bridgehead atoms. The highest BCUT2D eigenvalue weighted by molar-refractivity contribution is 8.15. The molecule has 0 saturated carbocycles. The Morgan fingerprint density at radius 3 is 2.30 bits per heavy atom. The number of hydrogen-bond acceptors (Lipinski definition) is 4. The van der Waals surface area contributed by atoms with Crippen LogP contribution < -0.4 is 4.31 Å². The van der Waals surface area contributed by atoms with Crippen LogP contribution in [-0.4, -0.2) is 25.9 Å². The Kier molecular flexibility index (Phi) is 5.89. The van der Waals surface area contributed by atoms with Gasteiger partial charge in [0.1, 0.15) is 0 Å². The molecule has 0 aromatic heterocycles. The molecule has 0 atom stereocenters. The summed E-state index contributed by atoms with van der Waals surface area (Å²) in [4.78, 5) is 4.69. The molecule has 0 saturated heterocycles. The van der Waals surface area contributed by atoms with Crippen LogP contribution in [0.2, 0.25) is 5.02 Å². The topological polar surface area (TPSA) is 49.7 Å². The zero-order chi connectivity index (χ0) is 19.7. The number of amidine groups is 1. The second kappa shape index (κ2) is 7.86. The molecule has 1 aliphatic rings. The van der Waals surface area contributed by atoms with Crippen LogP contribution >= 0.6 is 23.4 Å². The summed E-state index contributed by atoms with van der Waals surface area (Å²) in [6, 6.07) is 14.0. The number of rotatable bonds is 3. The molecule has 144 valence electrons. The third kappa shape index (κ3) is 4.33. The number of sulfonamides is 1. The van der Waals surface area contributed by atoms with Gasteiger partial charge in [-0.2, -0.15) is 0 Å². The van der Waals surface area contributed by atoms with Gasteiger partial charge in [0.05, 0.1) is 15.6 Å². The van der Waals surface area contributed by atoms with Crippen molar-refractivity contribution in [2.24, 2.45) is 4.99 Å². The molecule has 2 aromatic carbocycles. The third-order valence-corrected chi connectivity index (χ3v) is 7.50. The Balaban J connectivity index is 2.11. The minimum atomic E-state index is -3.84. The minimum absolute atomic E-state index is 0.0476. The van der Waals surface area contributed by atoms with Crippen LogP contribution in [0.1, 0.15) is 32.8 Å². The van der Waals surface area contributed by atoms with Gasteiger partial charge in [-0.05, 0) is 41.7 Å². The van der Waals surface area contributed by atoms with Crippen molar-refractivity contribution in [2.45, 2.75) is 37.5 Å². The van der Waals surface area contributed by atoms with E-state index in [1.807, 2.05) is 12.1 Å². The highest BCUT2D eigenvalue weighted by atomic mass is 35.5. The van der Waals surface area contributed by atoms with Crippen molar-refractivity contribution >= 4 is 44.2 Å². The fraction of sp³-hybridized carbons (Fsp3) is 0.350. The number of hydrogen-bond donors (Lipinski definition) is 0. The number of halogens is 1. The van der Waals surface area contributed by atoms with Crippen molar-refractivity contribution in [3.63, 3.8) is 0 Å². The van der Waals surface area contributed by atoms with Crippen LogP contribution in [0.5, 0.6) is 0 Å². The molecule has 27 heavy (non-hydrogen) atoms. The van der Waals surface area contributed by atoms with E-state index in [1.165, 1.54) is 16.1 Å². The quantitative estimate of drug-likeness (QED) is 0.672. The lowest BCUT2D eigenvalue weighted by Crippen LogP contribution is -2.37. The average molecular weight is 423 g/mol. The summed E-state index contributed by atoms with van der Waals surface area (Å²) in [5.74, 6) is 0.832. The second-order valence-corrected chi connectivity index (χ2v) is 10.6. The molecule has 0 fully saturated rings. The van der Waals surface area contributed by atoms with Crippen LogP contribution in [0.3, 0.4) is 0 Å². The van der Waals surface area contributed by atoms with Gasteiger partial charge in [-0.25, -0.2) is 12.7 Å². The van der Waals surface area contributed by atoms with Crippen molar-refractivity contribution < 1.29 is 8.42 Å². The lowest BCUT2D eigenvalue weighted by Gasteiger charge is -2.28. The van der Waals surface area contributed by atoms with Gasteiger partial charge in [0.15, 0.2) is 5.17 Å².